The number of carbonyl (C=O) groups excluding carboxylic acids is 1. The number of nitro groups is 1. The molecule has 1 rings (SSSR count). The number of anilines is 2. The molecular formula is C8H8ClN3O3. The van der Waals surface area contributed by atoms with Gasteiger partial charge >= 0.3 is 0 Å². The molecule has 0 saturated carbocycles. The molecule has 1 aromatic carbocycles. The molecule has 0 unspecified atom stereocenters. The second-order valence-corrected chi connectivity index (χ2v) is 2.98. The van der Waals surface area contributed by atoms with Crippen LogP contribution in [-0.4, -0.2) is 16.7 Å². The van der Waals surface area contributed by atoms with Crippen molar-refractivity contribution in [1.29, 1.82) is 0 Å². The zero-order valence-corrected chi connectivity index (χ0v) is 8.32. The number of rotatable bonds is 3. The highest BCUT2D eigenvalue weighted by Crippen LogP contribution is 2.24. The van der Waals surface area contributed by atoms with Crippen LogP contribution in [0.5, 0.6) is 0 Å². The van der Waals surface area contributed by atoms with Crippen LogP contribution in [0.3, 0.4) is 0 Å². The number of nitrogens with zero attached hydrogens (tertiary/aromatic N) is 1. The molecule has 0 aliphatic heterocycles. The number of carbonyl (C=O) groups is 1. The molecule has 0 radical (unpaired) electrons. The topological polar surface area (TPSA) is 98.3 Å². The van der Waals surface area contributed by atoms with Crippen molar-refractivity contribution in [2.75, 3.05) is 16.9 Å². The van der Waals surface area contributed by atoms with E-state index in [1.54, 1.807) is 0 Å². The van der Waals surface area contributed by atoms with Gasteiger partial charge in [-0.05, 0) is 12.1 Å². The standard InChI is InChI=1S/C8H8ClN3O3/c9-4-8(13)11-5-1-2-6(10)7(3-5)12(14)15/h1-3H,4,10H2,(H,11,13). The van der Waals surface area contributed by atoms with Gasteiger partial charge in [-0.15, -0.1) is 11.6 Å². The lowest BCUT2D eigenvalue weighted by atomic mass is 10.2. The van der Waals surface area contributed by atoms with Gasteiger partial charge in [-0.3, -0.25) is 14.9 Å². The summed E-state index contributed by atoms with van der Waals surface area (Å²) in [6.45, 7) is 0. The van der Waals surface area contributed by atoms with Gasteiger partial charge in [0.05, 0.1) is 4.92 Å². The third-order valence-electron chi connectivity index (χ3n) is 1.63. The van der Waals surface area contributed by atoms with Crippen molar-refractivity contribution in [2.24, 2.45) is 0 Å². The Balaban J connectivity index is 2.97. The minimum Gasteiger partial charge on any atom is -0.393 e. The third-order valence-corrected chi connectivity index (χ3v) is 1.87. The predicted octanol–water partition coefficient (Wildman–Crippen LogP) is 1.35. The molecule has 15 heavy (non-hydrogen) atoms. The van der Waals surface area contributed by atoms with Crippen molar-refractivity contribution in [3.63, 3.8) is 0 Å². The highest BCUT2D eigenvalue weighted by molar-refractivity contribution is 6.29. The molecule has 0 aliphatic carbocycles. The molecule has 0 bridgehead atoms. The van der Waals surface area contributed by atoms with Crippen molar-refractivity contribution >= 4 is 34.6 Å². The van der Waals surface area contributed by atoms with Gasteiger partial charge in [0.15, 0.2) is 0 Å². The Morgan fingerprint density at radius 1 is 1.60 bits per heavy atom. The van der Waals surface area contributed by atoms with Crippen molar-refractivity contribution < 1.29 is 9.72 Å². The van der Waals surface area contributed by atoms with Crippen molar-refractivity contribution in [1.82, 2.24) is 0 Å². The van der Waals surface area contributed by atoms with E-state index in [1.807, 2.05) is 0 Å². The first-order chi connectivity index (χ1) is 7.04. The average Bonchev–Trinajstić information content (AvgIpc) is 2.20. The molecule has 80 valence electrons. The fourth-order valence-corrected chi connectivity index (χ4v) is 1.04. The summed E-state index contributed by atoms with van der Waals surface area (Å²) in [5, 5.41) is 12.9. The van der Waals surface area contributed by atoms with E-state index in [0.29, 0.717) is 5.69 Å². The number of alkyl halides is 1. The first-order valence-corrected chi connectivity index (χ1v) is 4.47. The summed E-state index contributed by atoms with van der Waals surface area (Å²) >= 11 is 5.26. The number of nitrogens with one attached hydrogen (secondary N) is 1. The summed E-state index contributed by atoms with van der Waals surface area (Å²) in [5.41, 5.74) is 5.46. The van der Waals surface area contributed by atoms with Crippen LogP contribution in [0.2, 0.25) is 0 Å². The molecule has 0 heterocycles. The Labute approximate surface area is 90.2 Å². The van der Waals surface area contributed by atoms with E-state index in [9.17, 15) is 14.9 Å². The predicted molar refractivity (Wildman–Crippen MR) is 56.9 cm³/mol. The summed E-state index contributed by atoms with van der Waals surface area (Å²) in [4.78, 5) is 20.8. The Hall–Kier alpha value is -1.82. The van der Waals surface area contributed by atoms with Crippen LogP contribution in [0.4, 0.5) is 17.1 Å². The maximum Gasteiger partial charge on any atom is 0.294 e. The van der Waals surface area contributed by atoms with Crippen LogP contribution < -0.4 is 11.1 Å². The third kappa shape index (κ3) is 2.81. The molecule has 7 heteroatoms. The van der Waals surface area contributed by atoms with E-state index in [-0.39, 0.29) is 17.3 Å². The van der Waals surface area contributed by atoms with Crippen LogP contribution in [-0.2, 0) is 4.79 Å². The van der Waals surface area contributed by atoms with Crippen LogP contribution >= 0.6 is 11.6 Å². The molecule has 0 atom stereocenters. The SMILES string of the molecule is Nc1ccc(NC(=O)CCl)cc1[N+](=O)[O-]. The van der Waals surface area contributed by atoms with Crippen LogP contribution in [0.15, 0.2) is 18.2 Å². The van der Waals surface area contributed by atoms with E-state index in [1.165, 1.54) is 18.2 Å². The molecule has 0 aliphatic rings. The summed E-state index contributed by atoms with van der Waals surface area (Å²) in [6, 6.07) is 3.99. The second-order valence-electron chi connectivity index (χ2n) is 2.71. The number of halogens is 1. The number of nitrogen functional groups attached to an aromatic ring is 1. The zero-order chi connectivity index (χ0) is 11.4. The smallest absolute Gasteiger partial charge is 0.294 e. The van der Waals surface area contributed by atoms with Gasteiger partial charge in [-0.25, -0.2) is 0 Å². The monoisotopic (exact) mass is 229 g/mol. The summed E-state index contributed by atoms with van der Waals surface area (Å²) in [6.07, 6.45) is 0. The molecule has 0 spiro atoms. The molecule has 0 aromatic heterocycles. The number of amides is 1. The van der Waals surface area contributed by atoms with Crippen molar-refractivity contribution in [3.05, 3.63) is 28.3 Å². The second kappa shape index (κ2) is 4.61. The van der Waals surface area contributed by atoms with Gasteiger partial charge in [0.2, 0.25) is 5.91 Å². The lowest BCUT2D eigenvalue weighted by Gasteiger charge is -2.03. The first-order valence-electron chi connectivity index (χ1n) is 3.94. The Bertz CT molecular complexity index is 408. The number of hydrogen-bond donors (Lipinski definition) is 2. The molecule has 1 aromatic rings. The van der Waals surface area contributed by atoms with E-state index >= 15 is 0 Å². The van der Waals surface area contributed by atoms with Crippen LogP contribution in [0, 0.1) is 10.1 Å². The quantitative estimate of drug-likeness (QED) is 0.354. The van der Waals surface area contributed by atoms with Gasteiger partial charge in [0, 0.05) is 11.8 Å². The maximum absolute atomic E-state index is 10.9. The van der Waals surface area contributed by atoms with Gasteiger partial charge in [0.25, 0.3) is 5.69 Å². The van der Waals surface area contributed by atoms with Gasteiger partial charge in [-0.1, -0.05) is 0 Å². The molecule has 1 amide bonds. The van der Waals surface area contributed by atoms with Gasteiger partial charge < -0.3 is 11.1 Å². The Kier molecular flexibility index (Phi) is 3.46. The van der Waals surface area contributed by atoms with E-state index < -0.39 is 10.8 Å². The average molecular weight is 230 g/mol. The zero-order valence-electron chi connectivity index (χ0n) is 7.57. The lowest BCUT2D eigenvalue weighted by Crippen LogP contribution is -2.12. The summed E-state index contributed by atoms with van der Waals surface area (Å²) in [5.74, 6) is -0.645. The number of nitrogens with two attached hydrogens (primary N) is 1. The highest BCUT2D eigenvalue weighted by Gasteiger charge is 2.12. The number of benzene rings is 1. The Morgan fingerprint density at radius 3 is 2.80 bits per heavy atom. The number of hydrogen-bond acceptors (Lipinski definition) is 4. The van der Waals surface area contributed by atoms with Crippen molar-refractivity contribution in [2.45, 2.75) is 0 Å². The molecule has 3 N–H and O–H groups in total. The maximum atomic E-state index is 10.9. The molecule has 6 nitrogen and oxygen atoms in total. The largest absolute Gasteiger partial charge is 0.393 e. The molecule has 0 saturated heterocycles. The minimum atomic E-state index is -0.619. The summed E-state index contributed by atoms with van der Waals surface area (Å²) in [7, 11) is 0. The van der Waals surface area contributed by atoms with Crippen LogP contribution in [0.1, 0.15) is 0 Å². The first kappa shape index (κ1) is 11.3. The number of nitro benzene ring substituents is 1. The van der Waals surface area contributed by atoms with Crippen LogP contribution in [0.25, 0.3) is 0 Å². The molecular weight excluding hydrogens is 222 g/mol. The normalized spacial score (nSPS) is 9.67. The fraction of sp³-hybridized carbons (Fsp3) is 0.125. The fourth-order valence-electron chi connectivity index (χ4n) is 0.974. The van der Waals surface area contributed by atoms with E-state index in [0.717, 1.165) is 0 Å². The Morgan fingerprint density at radius 2 is 2.27 bits per heavy atom. The van der Waals surface area contributed by atoms with Crippen molar-refractivity contribution in [3.8, 4) is 0 Å². The minimum absolute atomic E-state index is 0.0453. The summed E-state index contributed by atoms with van der Waals surface area (Å²) < 4.78 is 0. The lowest BCUT2D eigenvalue weighted by molar-refractivity contribution is -0.383. The highest BCUT2D eigenvalue weighted by atomic mass is 35.5. The molecule has 0 fully saturated rings. The van der Waals surface area contributed by atoms with Gasteiger partial charge in [-0.2, -0.15) is 0 Å². The van der Waals surface area contributed by atoms with E-state index in [4.69, 9.17) is 17.3 Å². The van der Waals surface area contributed by atoms with E-state index in [2.05, 4.69) is 5.32 Å². The van der Waals surface area contributed by atoms with Gasteiger partial charge in [0.1, 0.15) is 11.6 Å².